The molecule has 0 amide bonds. The Morgan fingerprint density at radius 3 is 2.04 bits per heavy atom. The molecule has 0 bridgehead atoms. The molecule has 0 aliphatic heterocycles. The van der Waals surface area contributed by atoms with Gasteiger partial charge in [0.1, 0.15) is 6.10 Å². The molecule has 0 heterocycles. The first-order chi connectivity index (χ1) is 12.0. The van der Waals surface area contributed by atoms with Crippen molar-refractivity contribution < 1.29 is 24.5 Å². The second-order valence-electron chi connectivity index (χ2n) is 6.66. The minimum absolute atomic E-state index is 0.0150. The molecule has 0 aromatic carbocycles. The number of aliphatic hydroxyl groups is 1. The van der Waals surface area contributed by atoms with Gasteiger partial charge in [0, 0.05) is 6.42 Å². The summed E-state index contributed by atoms with van der Waals surface area (Å²) in [5, 5.41) is 18.7. The molecule has 0 aliphatic carbocycles. The normalized spacial score (nSPS) is 12.8. The monoisotopic (exact) mass is 356 g/mol. The number of carbonyl (C=O) groups is 2. The van der Waals surface area contributed by atoms with Gasteiger partial charge in [0.05, 0.1) is 18.3 Å². The molecule has 2 N–H and O–H groups in total. The van der Waals surface area contributed by atoms with E-state index in [9.17, 15) is 14.7 Å². The summed E-state index contributed by atoms with van der Waals surface area (Å²) in [5.41, 5.74) is 0. The second kappa shape index (κ2) is 16.0. The van der Waals surface area contributed by atoms with Crippen LogP contribution in [0.25, 0.3) is 0 Å². The van der Waals surface area contributed by atoms with Crippen LogP contribution in [0.1, 0.15) is 97.3 Å². The van der Waals surface area contributed by atoms with Gasteiger partial charge in [-0.3, -0.25) is 4.79 Å². The highest BCUT2D eigenvalue weighted by Crippen LogP contribution is 2.13. The van der Waals surface area contributed by atoms with Crippen LogP contribution >= 0.6 is 0 Å². The molecule has 0 aromatic heterocycles. The van der Waals surface area contributed by atoms with Gasteiger partial charge in [-0.1, -0.05) is 65.2 Å². The molecule has 0 radical (unpaired) electrons. The average molecular weight is 357 g/mol. The van der Waals surface area contributed by atoms with Gasteiger partial charge in [-0.15, -0.1) is 0 Å². The number of aliphatic carboxylic acids is 1. The number of hydrogen-bond donors (Lipinski definition) is 2. The maximum absolute atomic E-state index is 11.8. The van der Waals surface area contributed by atoms with E-state index in [1.165, 1.54) is 25.7 Å². The van der Waals surface area contributed by atoms with Gasteiger partial charge in [-0.05, 0) is 19.3 Å². The highest BCUT2D eigenvalue weighted by Gasteiger charge is 2.17. The van der Waals surface area contributed by atoms with E-state index in [0.29, 0.717) is 12.8 Å². The zero-order valence-corrected chi connectivity index (χ0v) is 16.0. The van der Waals surface area contributed by atoms with Gasteiger partial charge < -0.3 is 14.9 Å². The smallest absolute Gasteiger partial charge is 0.334 e. The molecule has 0 saturated carbocycles. The number of carboxylic acids is 1. The molecule has 0 rings (SSSR count). The lowest BCUT2D eigenvalue weighted by molar-refractivity contribution is -0.148. The van der Waals surface area contributed by atoms with Crippen molar-refractivity contribution in [3.05, 3.63) is 11.8 Å². The van der Waals surface area contributed by atoms with E-state index < -0.39 is 18.0 Å². The van der Waals surface area contributed by atoms with Crippen molar-refractivity contribution in [3.8, 4) is 0 Å². The number of esters is 1. The van der Waals surface area contributed by atoms with Gasteiger partial charge in [-0.2, -0.15) is 0 Å². The van der Waals surface area contributed by atoms with Crippen molar-refractivity contribution in [1.29, 1.82) is 0 Å². The van der Waals surface area contributed by atoms with Gasteiger partial charge in [0.2, 0.25) is 0 Å². The molecule has 1 atom stereocenters. The first-order valence-electron chi connectivity index (χ1n) is 9.81. The van der Waals surface area contributed by atoms with E-state index >= 15 is 0 Å². The fourth-order valence-corrected chi connectivity index (χ4v) is 2.69. The summed E-state index contributed by atoms with van der Waals surface area (Å²) in [7, 11) is 0. The van der Waals surface area contributed by atoms with E-state index in [1.807, 2.05) is 0 Å². The molecule has 0 spiro atoms. The molecule has 5 nitrogen and oxygen atoms in total. The third-order valence-electron chi connectivity index (χ3n) is 4.14. The van der Waals surface area contributed by atoms with Crippen molar-refractivity contribution in [2.75, 3.05) is 0 Å². The third kappa shape index (κ3) is 15.7. The van der Waals surface area contributed by atoms with E-state index in [-0.39, 0.29) is 12.2 Å². The fourth-order valence-electron chi connectivity index (χ4n) is 2.69. The zero-order valence-electron chi connectivity index (χ0n) is 16.0. The van der Waals surface area contributed by atoms with Crippen molar-refractivity contribution in [3.63, 3.8) is 0 Å². The van der Waals surface area contributed by atoms with Crippen molar-refractivity contribution in [1.82, 2.24) is 0 Å². The van der Waals surface area contributed by atoms with Crippen LogP contribution in [0.2, 0.25) is 0 Å². The lowest BCUT2D eigenvalue weighted by atomic mass is 10.1. The molecule has 146 valence electrons. The van der Waals surface area contributed by atoms with Crippen molar-refractivity contribution in [2.24, 2.45) is 0 Å². The topological polar surface area (TPSA) is 83.8 Å². The number of hydrogen-bond acceptors (Lipinski definition) is 4. The first kappa shape index (κ1) is 23.5. The number of allylic oxidation sites excluding steroid dienone is 1. The zero-order chi connectivity index (χ0) is 18.9. The molecule has 0 aromatic rings. The summed E-state index contributed by atoms with van der Waals surface area (Å²) >= 11 is 0. The highest BCUT2D eigenvalue weighted by molar-refractivity contribution is 5.82. The van der Waals surface area contributed by atoms with Crippen LogP contribution < -0.4 is 0 Å². The van der Waals surface area contributed by atoms with Gasteiger partial charge in [-0.25, -0.2) is 4.79 Å². The third-order valence-corrected chi connectivity index (χ3v) is 4.14. The standard InChI is InChI=1S/C20H36O5/c1-3-5-7-8-9-10-12-13-17(21)15-20(24)25-18(16-19(22)23)14-11-6-4-2/h15,18,21H,3-14,16H2,1-2H3,(H,22,23). The predicted molar refractivity (Wildman–Crippen MR) is 99.6 cm³/mol. The Bertz CT molecular complexity index is 390. The second-order valence-corrected chi connectivity index (χ2v) is 6.66. The maximum atomic E-state index is 11.8. The van der Waals surface area contributed by atoms with Crippen molar-refractivity contribution in [2.45, 2.75) is 103 Å². The van der Waals surface area contributed by atoms with Gasteiger partial charge in [0.25, 0.3) is 0 Å². The maximum Gasteiger partial charge on any atom is 0.334 e. The predicted octanol–water partition coefficient (Wildman–Crippen LogP) is 5.54. The first-order valence-corrected chi connectivity index (χ1v) is 9.81. The molecule has 25 heavy (non-hydrogen) atoms. The van der Waals surface area contributed by atoms with Crippen LogP contribution in [0.4, 0.5) is 0 Å². The van der Waals surface area contributed by atoms with Crippen LogP contribution in [0.3, 0.4) is 0 Å². The summed E-state index contributed by atoms with van der Waals surface area (Å²) in [5.74, 6) is -1.62. The molecular weight excluding hydrogens is 320 g/mol. The number of unbranched alkanes of at least 4 members (excludes halogenated alkanes) is 8. The summed E-state index contributed by atoms with van der Waals surface area (Å²) < 4.78 is 5.19. The van der Waals surface area contributed by atoms with E-state index in [2.05, 4.69) is 13.8 Å². The SMILES string of the molecule is CCCCCCCCCC(O)=CC(=O)OC(CCCCC)CC(=O)O. The van der Waals surface area contributed by atoms with E-state index in [1.54, 1.807) is 0 Å². The lowest BCUT2D eigenvalue weighted by Gasteiger charge is -2.15. The van der Waals surface area contributed by atoms with Gasteiger partial charge in [0.15, 0.2) is 0 Å². The minimum Gasteiger partial charge on any atom is -0.512 e. The van der Waals surface area contributed by atoms with E-state index in [0.717, 1.165) is 44.6 Å². The Balaban J connectivity index is 4.09. The molecular formula is C20H36O5. The number of aliphatic hydroxyl groups excluding tert-OH is 1. The molecule has 1 unspecified atom stereocenters. The number of carbonyl (C=O) groups excluding carboxylic acids is 1. The quantitative estimate of drug-likeness (QED) is 0.164. The Kier molecular flexibility index (Phi) is 15.0. The fraction of sp³-hybridized carbons (Fsp3) is 0.800. The highest BCUT2D eigenvalue weighted by atomic mass is 16.5. The molecule has 0 aliphatic rings. The Morgan fingerprint density at radius 1 is 0.880 bits per heavy atom. The Labute approximate surface area is 152 Å². The van der Waals surface area contributed by atoms with Crippen LogP contribution in [-0.2, 0) is 14.3 Å². The Morgan fingerprint density at radius 2 is 1.44 bits per heavy atom. The minimum atomic E-state index is -0.981. The molecule has 5 heteroatoms. The Hall–Kier alpha value is -1.52. The number of rotatable bonds is 16. The summed E-state index contributed by atoms with van der Waals surface area (Å²) in [6.45, 7) is 4.25. The average Bonchev–Trinajstić information content (AvgIpc) is 2.53. The molecule has 0 saturated heterocycles. The van der Waals surface area contributed by atoms with Crippen LogP contribution in [0.5, 0.6) is 0 Å². The van der Waals surface area contributed by atoms with Gasteiger partial charge >= 0.3 is 11.9 Å². The van der Waals surface area contributed by atoms with E-state index in [4.69, 9.17) is 9.84 Å². The summed E-state index contributed by atoms with van der Waals surface area (Å²) in [6.07, 6.45) is 12.1. The number of ether oxygens (including phenoxy) is 1. The van der Waals surface area contributed by atoms with Crippen LogP contribution in [0, 0.1) is 0 Å². The molecule has 0 fully saturated rings. The van der Waals surface area contributed by atoms with Crippen molar-refractivity contribution >= 4 is 11.9 Å². The summed E-state index contributed by atoms with van der Waals surface area (Å²) in [6, 6.07) is 0. The number of carboxylic acid groups (broad SMARTS) is 1. The largest absolute Gasteiger partial charge is 0.512 e. The summed E-state index contributed by atoms with van der Waals surface area (Å²) in [4.78, 5) is 22.7. The van der Waals surface area contributed by atoms with Crippen LogP contribution in [-0.4, -0.2) is 28.3 Å². The van der Waals surface area contributed by atoms with Crippen LogP contribution in [0.15, 0.2) is 11.8 Å². The lowest BCUT2D eigenvalue weighted by Crippen LogP contribution is -2.21.